The van der Waals surface area contributed by atoms with E-state index < -0.39 is 39.2 Å². The zero-order valence-corrected chi connectivity index (χ0v) is 19.2. The average molecular weight is 499 g/mol. The summed E-state index contributed by atoms with van der Waals surface area (Å²) in [5.74, 6) is -2.90. The van der Waals surface area contributed by atoms with Crippen LogP contribution in [0.15, 0.2) is 65.6 Å². The number of nitrogens with one attached hydrogen (secondary N) is 1. The number of methoxy groups -OCH3 is 1. The number of nitriles is 1. The number of amides is 1. The molecule has 1 N–H and O–H groups in total. The Kier molecular flexibility index (Phi) is 6.68. The first-order valence-corrected chi connectivity index (χ1v) is 11.8. The van der Waals surface area contributed by atoms with Crippen LogP contribution in [0, 0.1) is 23.0 Å². The fourth-order valence-electron chi connectivity index (χ4n) is 3.65. The maximum Gasteiger partial charge on any atom is 0.264 e. The van der Waals surface area contributed by atoms with E-state index in [2.05, 4.69) is 5.32 Å². The van der Waals surface area contributed by atoms with Crippen LogP contribution in [-0.2, 0) is 14.8 Å². The molecule has 1 heterocycles. The van der Waals surface area contributed by atoms with Gasteiger partial charge in [0, 0.05) is 12.8 Å². The highest BCUT2D eigenvalue weighted by molar-refractivity contribution is 7.92. The van der Waals surface area contributed by atoms with E-state index in [1.807, 2.05) is 6.07 Å². The van der Waals surface area contributed by atoms with Crippen molar-refractivity contribution in [2.75, 3.05) is 29.9 Å². The van der Waals surface area contributed by atoms with Crippen molar-refractivity contribution in [3.63, 3.8) is 0 Å². The van der Waals surface area contributed by atoms with Crippen LogP contribution in [0.3, 0.4) is 0 Å². The molecule has 0 aliphatic carbocycles. The number of hydrogen-bond donors (Lipinski definition) is 1. The Labute approximate surface area is 200 Å². The van der Waals surface area contributed by atoms with Gasteiger partial charge < -0.3 is 14.8 Å². The second-order valence-corrected chi connectivity index (χ2v) is 9.47. The number of halogens is 2. The minimum atomic E-state index is -4.16. The van der Waals surface area contributed by atoms with Crippen molar-refractivity contribution in [3.05, 3.63) is 83.4 Å². The predicted octanol–water partition coefficient (Wildman–Crippen LogP) is 3.69. The molecule has 0 fully saturated rings. The van der Waals surface area contributed by atoms with Crippen LogP contribution < -0.4 is 14.4 Å². The molecule has 4 rings (SSSR count). The van der Waals surface area contributed by atoms with Crippen LogP contribution in [0.1, 0.15) is 15.9 Å². The fraction of sp³-hybridized carbons (Fsp3) is 0.167. The van der Waals surface area contributed by atoms with E-state index in [1.54, 1.807) is 0 Å². The second kappa shape index (κ2) is 9.69. The molecule has 8 nitrogen and oxygen atoms in total. The van der Waals surface area contributed by atoms with E-state index in [-0.39, 0.29) is 40.7 Å². The van der Waals surface area contributed by atoms with Gasteiger partial charge in [-0.1, -0.05) is 12.1 Å². The van der Waals surface area contributed by atoms with Gasteiger partial charge in [0.15, 0.2) is 0 Å². The molecule has 0 bridgehead atoms. The summed E-state index contributed by atoms with van der Waals surface area (Å²) in [5.41, 5.74) is -0.400. The van der Waals surface area contributed by atoms with Crippen LogP contribution in [0.2, 0.25) is 0 Å². The molecule has 11 heteroatoms. The molecule has 3 aromatic carbocycles. The largest absolute Gasteiger partial charge is 0.484 e. The Hall–Kier alpha value is -4.01. The second-order valence-electron chi connectivity index (χ2n) is 7.60. The van der Waals surface area contributed by atoms with Crippen molar-refractivity contribution >= 4 is 27.3 Å². The lowest BCUT2D eigenvalue weighted by atomic mass is 10.1. The number of nitrogens with zero attached hydrogens (tertiary/aromatic N) is 2. The number of sulfonamides is 1. The summed E-state index contributed by atoms with van der Waals surface area (Å²) in [5, 5.41) is 11.6. The van der Waals surface area contributed by atoms with Crippen molar-refractivity contribution in [2.45, 2.75) is 11.0 Å². The number of fused-ring (bicyclic) bond motifs is 1. The quantitative estimate of drug-likeness (QED) is 0.554. The van der Waals surface area contributed by atoms with Gasteiger partial charge in [-0.25, -0.2) is 17.2 Å². The predicted molar refractivity (Wildman–Crippen MR) is 123 cm³/mol. The van der Waals surface area contributed by atoms with Gasteiger partial charge in [0.05, 0.1) is 35.4 Å². The molecular formula is C24H19F2N3O5S. The van der Waals surface area contributed by atoms with Crippen LogP contribution in [0.5, 0.6) is 5.75 Å². The molecule has 1 atom stereocenters. The molecule has 3 aromatic rings. The van der Waals surface area contributed by atoms with Crippen molar-refractivity contribution in [1.29, 1.82) is 5.26 Å². The van der Waals surface area contributed by atoms with Crippen molar-refractivity contribution in [1.82, 2.24) is 0 Å². The Morgan fingerprint density at radius 1 is 1.17 bits per heavy atom. The summed E-state index contributed by atoms with van der Waals surface area (Å²) in [4.78, 5) is 12.4. The van der Waals surface area contributed by atoms with E-state index in [9.17, 15) is 27.3 Å². The summed E-state index contributed by atoms with van der Waals surface area (Å²) >= 11 is 0. The van der Waals surface area contributed by atoms with Gasteiger partial charge in [0.1, 0.15) is 29.1 Å². The average Bonchev–Trinajstić information content (AvgIpc) is 2.84. The summed E-state index contributed by atoms with van der Waals surface area (Å²) in [7, 11) is -2.70. The fourth-order valence-corrected chi connectivity index (χ4v) is 5.20. The molecule has 0 saturated heterocycles. The van der Waals surface area contributed by atoms with Crippen LogP contribution in [-0.4, -0.2) is 40.7 Å². The van der Waals surface area contributed by atoms with Gasteiger partial charge in [-0.15, -0.1) is 0 Å². The number of benzene rings is 3. The van der Waals surface area contributed by atoms with Crippen molar-refractivity contribution in [3.8, 4) is 11.8 Å². The molecule has 35 heavy (non-hydrogen) atoms. The van der Waals surface area contributed by atoms with E-state index in [0.29, 0.717) is 0 Å². The summed E-state index contributed by atoms with van der Waals surface area (Å²) < 4.78 is 67.2. The first-order chi connectivity index (χ1) is 16.7. The zero-order valence-electron chi connectivity index (χ0n) is 18.4. The Morgan fingerprint density at radius 3 is 2.57 bits per heavy atom. The molecule has 0 aromatic heterocycles. The molecule has 0 saturated carbocycles. The summed E-state index contributed by atoms with van der Waals surface area (Å²) in [6.07, 6.45) is -0.630. The van der Waals surface area contributed by atoms with Gasteiger partial charge in [0.25, 0.3) is 15.9 Å². The van der Waals surface area contributed by atoms with Crippen LogP contribution in [0.4, 0.5) is 20.2 Å². The third-order valence-corrected chi connectivity index (χ3v) is 7.02. The smallest absolute Gasteiger partial charge is 0.264 e. The SMILES string of the molecule is COCC1CN(S(=O)(=O)c2cccc(C#N)c2)c2cc(NC(=O)c3c(F)cccc3F)ccc2O1. The van der Waals surface area contributed by atoms with Gasteiger partial charge in [-0.3, -0.25) is 9.10 Å². The van der Waals surface area contributed by atoms with Gasteiger partial charge >= 0.3 is 0 Å². The number of carbonyl (C=O) groups is 1. The third-order valence-electron chi connectivity index (χ3n) is 5.24. The van der Waals surface area contributed by atoms with E-state index in [1.165, 1.54) is 49.6 Å². The molecule has 180 valence electrons. The lowest BCUT2D eigenvalue weighted by molar-refractivity contribution is 0.0820. The Morgan fingerprint density at radius 2 is 1.89 bits per heavy atom. The number of rotatable bonds is 6. The van der Waals surface area contributed by atoms with Crippen molar-refractivity contribution in [2.24, 2.45) is 0 Å². The highest BCUT2D eigenvalue weighted by Gasteiger charge is 2.35. The van der Waals surface area contributed by atoms with E-state index >= 15 is 0 Å². The molecule has 1 aliphatic rings. The lowest BCUT2D eigenvalue weighted by Crippen LogP contribution is -2.45. The monoisotopic (exact) mass is 499 g/mol. The maximum atomic E-state index is 14.0. The van der Waals surface area contributed by atoms with Gasteiger partial charge in [-0.2, -0.15) is 5.26 Å². The van der Waals surface area contributed by atoms with Crippen LogP contribution >= 0.6 is 0 Å². The topological polar surface area (TPSA) is 109 Å². The molecule has 1 unspecified atom stereocenters. The normalized spacial score (nSPS) is 15.0. The summed E-state index contributed by atoms with van der Waals surface area (Å²) in [6.45, 7) is -0.00591. The molecule has 0 radical (unpaired) electrons. The molecule has 1 aliphatic heterocycles. The Balaban J connectivity index is 1.74. The molecular weight excluding hydrogens is 480 g/mol. The number of ether oxygens (including phenoxy) is 2. The van der Waals surface area contributed by atoms with E-state index in [0.717, 1.165) is 22.5 Å². The highest BCUT2D eigenvalue weighted by atomic mass is 32.2. The maximum absolute atomic E-state index is 14.0. The first-order valence-electron chi connectivity index (χ1n) is 10.3. The number of anilines is 2. The summed E-state index contributed by atoms with van der Waals surface area (Å²) in [6, 6.07) is 14.7. The van der Waals surface area contributed by atoms with Crippen molar-refractivity contribution < 1.29 is 31.5 Å². The lowest BCUT2D eigenvalue weighted by Gasteiger charge is -2.35. The first kappa shape index (κ1) is 24.1. The zero-order chi connectivity index (χ0) is 25.2. The van der Waals surface area contributed by atoms with Gasteiger partial charge in [-0.05, 0) is 48.5 Å². The molecule has 0 spiro atoms. The van der Waals surface area contributed by atoms with Crippen LogP contribution in [0.25, 0.3) is 0 Å². The standard InChI is InChI=1S/C24H19F2N3O5S/c1-33-14-17-13-29(35(31,32)18-5-2-4-15(10-18)12-27)21-11-16(8-9-22(21)34-17)28-24(30)23-19(25)6-3-7-20(23)26/h2-11,17H,13-14H2,1H3,(H,28,30). The number of hydrogen-bond acceptors (Lipinski definition) is 6. The number of carbonyl (C=O) groups excluding carboxylic acids is 1. The minimum Gasteiger partial charge on any atom is -0.484 e. The minimum absolute atomic E-state index is 0.0937. The van der Waals surface area contributed by atoms with E-state index in [4.69, 9.17) is 9.47 Å². The Bertz CT molecular complexity index is 1420. The third kappa shape index (κ3) is 4.80. The van der Waals surface area contributed by atoms with Gasteiger partial charge in [0.2, 0.25) is 0 Å². The highest BCUT2D eigenvalue weighted by Crippen LogP contribution is 2.39. The molecule has 1 amide bonds.